The number of fused-ring (bicyclic) bond motifs is 1. The van der Waals surface area contributed by atoms with Crippen molar-refractivity contribution in [3.8, 4) is 17.2 Å². The summed E-state index contributed by atoms with van der Waals surface area (Å²) in [5, 5.41) is 24.9. The number of carbonyl (C=O) groups excluding carboxylic acids is 1. The van der Waals surface area contributed by atoms with Gasteiger partial charge in [-0.15, -0.1) is 0 Å². The van der Waals surface area contributed by atoms with E-state index < -0.39 is 0 Å². The van der Waals surface area contributed by atoms with Gasteiger partial charge in [0, 0.05) is 85.1 Å². The van der Waals surface area contributed by atoms with Gasteiger partial charge in [-0.05, 0) is 81.2 Å². The van der Waals surface area contributed by atoms with Crippen LogP contribution < -0.4 is 5.32 Å². The number of hydrogen-bond donors (Lipinski definition) is 3. The summed E-state index contributed by atoms with van der Waals surface area (Å²) in [4.78, 5) is 21.8. The minimum atomic E-state index is -0.327. The molecule has 3 heterocycles. The highest BCUT2D eigenvalue weighted by molar-refractivity contribution is 6.04. The maximum atomic E-state index is 12.9. The quantitative estimate of drug-likeness (QED) is 0.214. The van der Waals surface area contributed by atoms with Gasteiger partial charge < -0.3 is 29.9 Å². The fraction of sp³-hybridized carbons (Fsp3) is 0.314. The summed E-state index contributed by atoms with van der Waals surface area (Å²) >= 11 is 0. The zero-order valence-electron chi connectivity index (χ0n) is 25.6. The number of phenols is 2. The third kappa shape index (κ3) is 6.20. The summed E-state index contributed by atoms with van der Waals surface area (Å²) in [6.07, 6.45) is 6.55. The largest absolute Gasteiger partial charge is 0.506 e. The molecule has 0 radical (unpaired) electrons. The lowest BCUT2D eigenvalue weighted by Gasteiger charge is -2.32. The summed E-state index contributed by atoms with van der Waals surface area (Å²) in [7, 11) is 2.20. The van der Waals surface area contributed by atoms with Crippen LogP contribution in [0.3, 0.4) is 0 Å². The molecule has 44 heavy (non-hydrogen) atoms. The lowest BCUT2D eigenvalue weighted by molar-refractivity contribution is 0.102. The molecule has 9 nitrogen and oxygen atoms in total. The van der Waals surface area contributed by atoms with Gasteiger partial charge in [0.15, 0.2) is 0 Å². The Bertz CT molecular complexity index is 1740. The van der Waals surface area contributed by atoms with Crippen LogP contribution in [0.1, 0.15) is 39.2 Å². The number of piperazine rings is 1. The van der Waals surface area contributed by atoms with Crippen LogP contribution in [0.25, 0.3) is 16.6 Å². The average Bonchev–Trinajstić information content (AvgIpc) is 3.61. The Labute approximate surface area is 258 Å². The number of amides is 1. The second kappa shape index (κ2) is 12.6. The monoisotopic (exact) mass is 592 g/mol. The van der Waals surface area contributed by atoms with Crippen molar-refractivity contribution >= 4 is 22.5 Å². The normalized spacial score (nSPS) is 14.3. The number of aryl methyl sites for hydroxylation is 2. The van der Waals surface area contributed by atoms with Gasteiger partial charge in [0.05, 0.1) is 6.33 Å². The summed E-state index contributed by atoms with van der Waals surface area (Å²) in [6, 6.07) is 17.1. The third-order valence-electron chi connectivity index (χ3n) is 8.87. The average molecular weight is 593 g/mol. The Morgan fingerprint density at radius 3 is 2.30 bits per heavy atom. The zero-order chi connectivity index (χ0) is 30.8. The molecule has 3 aromatic carbocycles. The van der Waals surface area contributed by atoms with Gasteiger partial charge in [-0.25, -0.2) is 4.98 Å². The van der Waals surface area contributed by atoms with E-state index in [1.54, 1.807) is 24.5 Å². The van der Waals surface area contributed by atoms with Gasteiger partial charge in [-0.2, -0.15) is 0 Å². The fourth-order valence-electron chi connectivity index (χ4n) is 6.16. The molecule has 0 bridgehead atoms. The van der Waals surface area contributed by atoms with Crippen molar-refractivity contribution in [1.82, 2.24) is 23.9 Å². The molecule has 6 rings (SSSR count). The number of nitrogens with zero attached hydrogens (tertiary/aromatic N) is 5. The van der Waals surface area contributed by atoms with E-state index in [1.165, 1.54) is 50.8 Å². The fourth-order valence-corrected chi connectivity index (χ4v) is 6.16. The number of hydrogen-bond acceptors (Lipinski definition) is 6. The van der Waals surface area contributed by atoms with E-state index in [9.17, 15) is 15.0 Å². The van der Waals surface area contributed by atoms with Crippen molar-refractivity contribution in [2.45, 2.75) is 33.2 Å². The van der Waals surface area contributed by atoms with E-state index in [0.717, 1.165) is 57.7 Å². The summed E-state index contributed by atoms with van der Waals surface area (Å²) in [5.41, 5.74) is 7.30. The van der Waals surface area contributed by atoms with E-state index in [1.807, 2.05) is 12.1 Å². The second-order valence-corrected chi connectivity index (χ2v) is 11.9. The first kappa shape index (κ1) is 29.5. The number of phenolic OH excluding ortho intramolecular Hbond substituents is 2. The van der Waals surface area contributed by atoms with E-state index >= 15 is 0 Å². The van der Waals surface area contributed by atoms with E-state index in [-0.39, 0.29) is 23.1 Å². The number of aromatic hydroxyl groups is 2. The first-order chi connectivity index (χ1) is 21.3. The van der Waals surface area contributed by atoms with Crippen molar-refractivity contribution < 1.29 is 15.0 Å². The zero-order valence-corrected chi connectivity index (χ0v) is 25.6. The number of rotatable bonds is 9. The molecule has 0 aliphatic carbocycles. The molecule has 0 spiro atoms. The molecule has 0 atom stereocenters. The number of likely N-dealkylation sites (N-methyl/N-ethyl adjacent to an activating group) is 1. The van der Waals surface area contributed by atoms with Crippen molar-refractivity contribution in [2.75, 3.05) is 45.1 Å². The van der Waals surface area contributed by atoms with Crippen LogP contribution in [0.4, 0.5) is 5.69 Å². The lowest BCUT2D eigenvalue weighted by atomic mass is 10.0. The summed E-state index contributed by atoms with van der Waals surface area (Å²) < 4.78 is 3.98. The highest BCUT2D eigenvalue weighted by Crippen LogP contribution is 2.35. The van der Waals surface area contributed by atoms with Gasteiger partial charge in [-0.3, -0.25) is 9.36 Å². The Morgan fingerprint density at radius 1 is 0.909 bits per heavy atom. The van der Waals surface area contributed by atoms with Gasteiger partial charge in [0.25, 0.3) is 5.91 Å². The molecule has 2 aromatic heterocycles. The second-order valence-electron chi connectivity index (χ2n) is 11.9. The van der Waals surface area contributed by atoms with Gasteiger partial charge in [-0.1, -0.05) is 18.2 Å². The predicted octanol–water partition coefficient (Wildman–Crippen LogP) is 5.34. The van der Waals surface area contributed by atoms with E-state index in [2.05, 4.69) is 63.8 Å². The van der Waals surface area contributed by atoms with Crippen LogP contribution in [0.15, 0.2) is 73.3 Å². The van der Waals surface area contributed by atoms with Gasteiger partial charge >= 0.3 is 0 Å². The molecule has 228 valence electrons. The summed E-state index contributed by atoms with van der Waals surface area (Å²) in [5.74, 6) is -0.665. The van der Waals surface area contributed by atoms with Gasteiger partial charge in [0.1, 0.15) is 17.2 Å². The van der Waals surface area contributed by atoms with Gasteiger partial charge in [0.2, 0.25) is 0 Å². The van der Waals surface area contributed by atoms with Crippen LogP contribution in [-0.2, 0) is 13.0 Å². The molecule has 1 saturated heterocycles. The van der Waals surface area contributed by atoms with Crippen LogP contribution in [0.5, 0.6) is 11.5 Å². The van der Waals surface area contributed by atoms with Crippen molar-refractivity contribution in [3.05, 3.63) is 101 Å². The topological polar surface area (TPSA) is 98.8 Å². The SMILES string of the molecule is Cc1c(C)n(CCCN2CCN(C)CC2)c2ccc(Cc3ccc(C(=O)Nc4cc(O)c(-n5ccnc5)c(O)c4)cc3)cc12. The number of benzene rings is 3. The number of imidazole rings is 1. The van der Waals surface area contributed by atoms with E-state index in [4.69, 9.17) is 0 Å². The summed E-state index contributed by atoms with van der Waals surface area (Å²) in [6.45, 7) is 11.2. The number of nitrogens with one attached hydrogen (secondary N) is 1. The first-order valence-corrected chi connectivity index (χ1v) is 15.2. The standard InChI is InChI=1S/C35H40N6O3/c1-24-25(2)41(13-4-12-39-17-15-38(3)16-18-39)31-10-7-27(20-30(24)31)19-26-5-8-28(9-6-26)35(44)37-29-21-32(42)34(33(43)22-29)40-14-11-36-23-40/h5-11,14,20-23,42-43H,4,12-13,15-19H2,1-3H3,(H,37,44). The molecule has 1 amide bonds. The van der Waals surface area contributed by atoms with Crippen molar-refractivity contribution in [3.63, 3.8) is 0 Å². The molecule has 3 N–H and O–H groups in total. The van der Waals surface area contributed by atoms with Crippen LogP contribution in [-0.4, -0.2) is 79.8 Å². The minimum Gasteiger partial charge on any atom is -0.506 e. The molecular weight excluding hydrogens is 552 g/mol. The van der Waals surface area contributed by atoms with Crippen LogP contribution >= 0.6 is 0 Å². The number of anilines is 1. The van der Waals surface area contributed by atoms with E-state index in [0.29, 0.717) is 11.3 Å². The Hall–Kier alpha value is -4.60. The maximum absolute atomic E-state index is 12.9. The highest BCUT2D eigenvalue weighted by atomic mass is 16.3. The molecule has 0 saturated carbocycles. The Kier molecular flexibility index (Phi) is 8.41. The molecule has 0 unspecified atom stereocenters. The Balaban J connectivity index is 1.09. The molecule has 1 fully saturated rings. The molecule has 5 aromatic rings. The smallest absolute Gasteiger partial charge is 0.255 e. The molecule has 9 heteroatoms. The maximum Gasteiger partial charge on any atom is 0.255 e. The molecular formula is C35H40N6O3. The minimum absolute atomic E-state index is 0.169. The molecule has 1 aliphatic heterocycles. The number of aromatic nitrogens is 3. The predicted molar refractivity (Wildman–Crippen MR) is 174 cm³/mol. The van der Waals surface area contributed by atoms with Crippen molar-refractivity contribution in [2.24, 2.45) is 0 Å². The third-order valence-corrected chi connectivity index (χ3v) is 8.87. The first-order valence-electron chi connectivity index (χ1n) is 15.2. The Morgan fingerprint density at radius 2 is 1.61 bits per heavy atom. The number of carbonyl (C=O) groups is 1. The van der Waals surface area contributed by atoms with Crippen molar-refractivity contribution in [1.29, 1.82) is 0 Å². The van der Waals surface area contributed by atoms with Crippen LogP contribution in [0.2, 0.25) is 0 Å². The molecule has 1 aliphatic rings. The lowest BCUT2D eigenvalue weighted by Crippen LogP contribution is -2.44. The van der Waals surface area contributed by atoms with Crippen LogP contribution in [0, 0.1) is 13.8 Å². The highest BCUT2D eigenvalue weighted by Gasteiger charge is 2.16.